The largest absolute Gasteiger partial charge is 0.138 e. The summed E-state index contributed by atoms with van der Waals surface area (Å²) in [6, 6.07) is 42.4. The molecule has 270 valence electrons. The van der Waals surface area contributed by atoms with Gasteiger partial charge in [0.1, 0.15) is 16.1 Å². The van der Waals surface area contributed by atoms with E-state index in [-0.39, 0.29) is 0 Å². The van der Waals surface area contributed by atoms with Crippen molar-refractivity contribution in [2.24, 2.45) is 0 Å². The molecular formula is C51H52SSi2. The van der Waals surface area contributed by atoms with Crippen molar-refractivity contribution < 1.29 is 0 Å². The van der Waals surface area contributed by atoms with Crippen molar-refractivity contribution in [1.29, 1.82) is 0 Å². The van der Waals surface area contributed by atoms with Gasteiger partial charge in [0, 0.05) is 32.2 Å². The van der Waals surface area contributed by atoms with Crippen LogP contribution in [-0.4, -0.2) is 16.1 Å². The van der Waals surface area contributed by atoms with Crippen LogP contribution in [0.15, 0.2) is 97.1 Å². The molecule has 0 saturated heterocycles. The Labute approximate surface area is 330 Å². The molecule has 1 heterocycles. The van der Waals surface area contributed by atoms with E-state index < -0.39 is 16.1 Å². The highest BCUT2D eigenvalue weighted by Gasteiger charge is 2.31. The Morgan fingerprint density at radius 3 is 1.61 bits per heavy atom. The molecule has 1 aliphatic carbocycles. The maximum Gasteiger partial charge on any atom is 0.138 e. The fraction of sp³-hybridized carbons (Fsp3) is 0.255. The first-order chi connectivity index (χ1) is 26.4. The number of benzene rings is 5. The van der Waals surface area contributed by atoms with Crippen molar-refractivity contribution in [3.8, 4) is 34.1 Å². The molecule has 6 aromatic rings. The Morgan fingerprint density at radius 1 is 0.556 bits per heavy atom. The third kappa shape index (κ3) is 7.39. The van der Waals surface area contributed by atoms with Gasteiger partial charge in [-0.15, -0.1) is 22.4 Å². The summed E-state index contributed by atoms with van der Waals surface area (Å²) < 4.78 is 2.62. The highest BCUT2D eigenvalue weighted by molar-refractivity contribution is 7.26. The molecule has 5 aromatic carbocycles. The first-order valence-corrected chi connectivity index (χ1v) is 26.2. The van der Waals surface area contributed by atoms with Crippen LogP contribution in [0.3, 0.4) is 0 Å². The number of hydrogen-bond acceptors (Lipinski definition) is 1. The molecule has 0 unspecified atom stereocenters. The van der Waals surface area contributed by atoms with Crippen molar-refractivity contribution in [3.63, 3.8) is 0 Å². The Hall–Kier alpha value is -4.65. The molecular weight excluding hydrogens is 701 g/mol. The fourth-order valence-electron chi connectivity index (χ4n) is 8.12. The van der Waals surface area contributed by atoms with Crippen LogP contribution >= 0.6 is 11.3 Å². The monoisotopic (exact) mass is 752 g/mol. The lowest BCUT2D eigenvalue weighted by molar-refractivity contribution is 1.20. The van der Waals surface area contributed by atoms with E-state index in [1.165, 1.54) is 112 Å². The van der Waals surface area contributed by atoms with E-state index in [9.17, 15) is 0 Å². The standard InChI is InChI=1S/C51H52SSi2/c1-7-53(8-2,9-3)33-31-43-46-37-42-29-27-40(25-23-38-19-15-13-16-20-38)35-45(42)49(46)44(32-34-54(10-4,11-5)12-6)51-50(43)47-36-41(28-30-48(47)52-51)26-24-39-21-17-14-18-22-39/h13-30,35-36H,7-12,37H2,1-6H3. The molecule has 0 atom stereocenters. The number of rotatable bonds is 10. The molecule has 1 aliphatic rings. The average molecular weight is 753 g/mol. The van der Waals surface area contributed by atoms with Crippen molar-refractivity contribution >= 4 is 72.0 Å². The SMILES string of the molecule is CC[Si](C#Cc1c2c(c(C#C[Si](CC)(CC)CC)c3c1sc1ccc(C=Cc4ccccc4)cc13)Cc1ccc(C=Cc3ccccc3)cc1-2)(CC)CC. The third-order valence-corrected chi connectivity index (χ3v) is 22.9. The molecule has 3 heteroatoms. The molecule has 7 rings (SSSR count). The number of hydrogen-bond donors (Lipinski definition) is 0. The van der Waals surface area contributed by atoms with Crippen molar-refractivity contribution in [2.75, 3.05) is 0 Å². The zero-order chi connectivity index (χ0) is 37.7. The van der Waals surface area contributed by atoms with Crippen LogP contribution in [-0.2, 0) is 6.42 Å². The quantitative estimate of drug-likeness (QED) is 0.0741. The van der Waals surface area contributed by atoms with Crippen LogP contribution in [0, 0.1) is 22.9 Å². The molecule has 0 N–H and O–H groups in total. The summed E-state index contributed by atoms with van der Waals surface area (Å²) in [5.74, 6) is 8.02. The maximum absolute atomic E-state index is 4.06. The lowest BCUT2D eigenvalue weighted by atomic mass is 9.91. The molecule has 0 saturated carbocycles. The second kappa shape index (κ2) is 16.4. The van der Waals surface area contributed by atoms with E-state index in [1.54, 1.807) is 0 Å². The van der Waals surface area contributed by atoms with Crippen LogP contribution in [0.1, 0.15) is 86.1 Å². The summed E-state index contributed by atoms with van der Waals surface area (Å²) in [6.07, 6.45) is 9.85. The Kier molecular flexibility index (Phi) is 11.4. The predicted octanol–water partition coefficient (Wildman–Crippen LogP) is 14.8. The first kappa shape index (κ1) is 37.7. The van der Waals surface area contributed by atoms with Gasteiger partial charge in [-0.05, 0) is 99.8 Å². The van der Waals surface area contributed by atoms with Crippen LogP contribution in [0.25, 0.3) is 55.6 Å². The molecule has 0 amide bonds. The van der Waals surface area contributed by atoms with E-state index >= 15 is 0 Å². The zero-order valence-electron chi connectivity index (χ0n) is 32.9. The Morgan fingerprint density at radius 2 is 1.06 bits per heavy atom. The smallest absolute Gasteiger partial charge is 0.134 e. The molecule has 0 spiro atoms. The predicted molar refractivity (Wildman–Crippen MR) is 246 cm³/mol. The van der Waals surface area contributed by atoms with Crippen molar-refractivity contribution in [1.82, 2.24) is 0 Å². The fourth-order valence-corrected chi connectivity index (χ4v) is 14.2. The molecule has 0 bridgehead atoms. The van der Waals surface area contributed by atoms with Crippen LogP contribution in [0.5, 0.6) is 0 Å². The second-order valence-corrected chi connectivity index (χ2v) is 25.8. The van der Waals surface area contributed by atoms with Gasteiger partial charge in [-0.25, -0.2) is 0 Å². The molecule has 54 heavy (non-hydrogen) atoms. The van der Waals surface area contributed by atoms with Gasteiger partial charge in [0.25, 0.3) is 0 Å². The topological polar surface area (TPSA) is 0 Å². The normalized spacial score (nSPS) is 12.6. The van der Waals surface area contributed by atoms with Crippen molar-refractivity contribution in [3.05, 3.63) is 142 Å². The van der Waals surface area contributed by atoms with E-state index in [1.807, 2.05) is 11.3 Å². The van der Waals surface area contributed by atoms with Crippen LogP contribution in [0.2, 0.25) is 36.3 Å². The van der Waals surface area contributed by atoms with Gasteiger partial charge in [-0.3, -0.25) is 0 Å². The first-order valence-electron chi connectivity index (χ1n) is 20.1. The van der Waals surface area contributed by atoms with Gasteiger partial charge in [0.05, 0.1) is 4.70 Å². The minimum Gasteiger partial charge on any atom is -0.134 e. The minimum absolute atomic E-state index is 0.893. The lowest BCUT2D eigenvalue weighted by Crippen LogP contribution is -2.29. The van der Waals surface area contributed by atoms with Crippen molar-refractivity contribution in [2.45, 2.75) is 84.2 Å². The zero-order valence-corrected chi connectivity index (χ0v) is 35.7. The molecule has 0 radical (unpaired) electrons. The number of thiophene rings is 1. The second-order valence-electron chi connectivity index (χ2n) is 14.9. The van der Waals surface area contributed by atoms with Gasteiger partial charge in [0.15, 0.2) is 0 Å². The summed E-state index contributed by atoms with van der Waals surface area (Å²) in [5, 5.41) is 2.63. The van der Waals surface area contributed by atoms with E-state index in [2.05, 4.69) is 186 Å². The molecule has 1 aromatic heterocycles. The number of fused-ring (bicyclic) bond motifs is 6. The molecule has 0 fully saturated rings. The highest BCUT2D eigenvalue weighted by Crippen LogP contribution is 2.49. The van der Waals surface area contributed by atoms with Gasteiger partial charge in [-0.1, -0.05) is 157 Å². The Bertz CT molecular complexity index is 2470. The maximum atomic E-state index is 4.06. The summed E-state index contributed by atoms with van der Waals surface area (Å²) in [6.45, 7) is 14.2. The highest BCUT2D eigenvalue weighted by atomic mass is 32.1. The van der Waals surface area contributed by atoms with Crippen LogP contribution < -0.4 is 0 Å². The summed E-state index contributed by atoms with van der Waals surface area (Å²) in [5.41, 5.74) is 20.9. The van der Waals surface area contributed by atoms with Crippen LogP contribution in [0.4, 0.5) is 0 Å². The van der Waals surface area contributed by atoms with E-state index in [4.69, 9.17) is 0 Å². The lowest BCUT2D eigenvalue weighted by Gasteiger charge is -2.21. The summed E-state index contributed by atoms with van der Waals surface area (Å²) in [4.78, 5) is 0. The molecule has 0 nitrogen and oxygen atoms in total. The average Bonchev–Trinajstić information content (AvgIpc) is 3.80. The van der Waals surface area contributed by atoms with E-state index in [0.29, 0.717) is 0 Å². The summed E-state index contributed by atoms with van der Waals surface area (Å²) in [7, 11) is -3.46. The third-order valence-electron chi connectivity index (χ3n) is 12.3. The van der Waals surface area contributed by atoms with Gasteiger partial charge in [-0.2, -0.15) is 0 Å². The summed E-state index contributed by atoms with van der Waals surface area (Å²) >= 11 is 1.92. The Balaban J connectivity index is 1.53. The van der Waals surface area contributed by atoms with Gasteiger partial charge in [0.2, 0.25) is 0 Å². The van der Waals surface area contributed by atoms with Gasteiger partial charge >= 0.3 is 0 Å². The molecule has 0 aliphatic heterocycles. The minimum atomic E-state index is -1.73. The van der Waals surface area contributed by atoms with E-state index in [0.717, 1.165) is 6.42 Å². The van der Waals surface area contributed by atoms with Gasteiger partial charge < -0.3 is 0 Å².